The van der Waals surface area contributed by atoms with Crippen LogP contribution in [0.25, 0.3) is 0 Å². The van der Waals surface area contributed by atoms with E-state index in [0.29, 0.717) is 30.9 Å². The third-order valence-corrected chi connectivity index (χ3v) is 5.11. The molecule has 26 heavy (non-hydrogen) atoms. The number of carbonyl (C=O) groups is 1. The molecule has 152 valence electrons. The molecule has 1 amide bonds. The first-order valence-electron chi connectivity index (χ1n) is 9.06. The highest BCUT2D eigenvalue weighted by Crippen LogP contribution is 2.44. The van der Waals surface area contributed by atoms with Gasteiger partial charge in [-0.1, -0.05) is 6.42 Å². The smallest absolute Gasteiger partial charge is 0.356 e. The lowest BCUT2D eigenvalue weighted by Gasteiger charge is -2.25. The molecule has 0 aromatic carbocycles. The molecule has 2 rings (SSSR count). The Morgan fingerprint density at radius 1 is 1.19 bits per heavy atom. The number of guanidine groups is 1. The molecule has 0 aromatic rings. The summed E-state index contributed by atoms with van der Waals surface area (Å²) in [5.41, 5.74) is 0. The highest BCUT2D eigenvalue weighted by molar-refractivity contribution is 14.0. The Kier molecular flexibility index (Phi) is 9.46. The van der Waals surface area contributed by atoms with Gasteiger partial charge in [0.15, 0.2) is 5.96 Å². The topological polar surface area (TPSA) is 56.7 Å². The number of rotatable bonds is 7. The fraction of sp³-hybridized carbons (Fsp3) is 0.882. The summed E-state index contributed by atoms with van der Waals surface area (Å²) in [4.78, 5) is 17.5. The van der Waals surface area contributed by atoms with Gasteiger partial charge < -0.3 is 15.5 Å². The SMILES string of the molecule is CN(C)C(=O)CN=C(NCCCCC(F)(F)F)NC1CC2CCC1C2.I. The van der Waals surface area contributed by atoms with Crippen LogP contribution in [0.2, 0.25) is 0 Å². The van der Waals surface area contributed by atoms with E-state index in [-0.39, 0.29) is 42.8 Å². The van der Waals surface area contributed by atoms with E-state index in [9.17, 15) is 18.0 Å². The van der Waals surface area contributed by atoms with Crippen molar-refractivity contribution in [1.29, 1.82) is 0 Å². The van der Waals surface area contributed by atoms with Crippen LogP contribution in [0, 0.1) is 11.8 Å². The molecule has 3 atom stereocenters. The maximum atomic E-state index is 12.2. The van der Waals surface area contributed by atoms with Gasteiger partial charge in [0.05, 0.1) is 0 Å². The summed E-state index contributed by atoms with van der Waals surface area (Å²) in [6.07, 6.45) is 0.509. The van der Waals surface area contributed by atoms with Crippen molar-refractivity contribution in [2.45, 2.75) is 57.2 Å². The zero-order chi connectivity index (χ0) is 18.4. The molecule has 0 aromatic heterocycles. The minimum atomic E-state index is -4.10. The van der Waals surface area contributed by atoms with Crippen molar-refractivity contribution in [3.05, 3.63) is 0 Å². The van der Waals surface area contributed by atoms with E-state index < -0.39 is 12.6 Å². The summed E-state index contributed by atoms with van der Waals surface area (Å²) in [5.74, 6) is 1.86. The summed E-state index contributed by atoms with van der Waals surface area (Å²) in [6, 6.07) is 0.356. The Balaban J connectivity index is 0.00000338. The van der Waals surface area contributed by atoms with Gasteiger partial charge in [-0.25, -0.2) is 4.99 Å². The molecule has 2 saturated carbocycles. The maximum Gasteiger partial charge on any atom is 0.389 e. The average molecular weight is 490 g/mol. The number of alkyl halides is 3. The van der Waals surface area contributed by atoms with Gasteiger partial charge in [-0.3, -0.25) is 4.79 Å². The Hall–Kier alpha value is -0.740. The van der Waals surface area contributed by atoms with Gasteiger partial charge in [0.25, 0.3) is 0 Å². The van der Waals surface area contributed by atoms with Crippen molar-refractivity contribution in [3.8, 4) is 0 Å². The first-order valence-corrected chi connectivity index (χ1v) is 9.06. The lowest BCUT2D eigenvalue weighted by molar-refractivity contribution is -0.135. The monoisotopic (exact) mass is 490 g/mol. The second-order valence-corrected chi connectivity index (χ2v) is 7.38. The van der Waals surface area contributed by atoms with Crippen LogP contribution in [0.15, 0.2) is 4.99 Å². The molecule has 5 nitrogen and oxygen atoms in total. The Morgan fingerprint density at radius 3 is 2.46 bits per heavy atom. The predicted molar refractivity (Wildman–Crippen MR) is 107 cm³/mol. The van der Waals surface area contributed by atoms with E-state index in [0.717, 1.165) is 12.3 Å². The second kappa shape index (κ2) is 10.6. The van der Waals surface area contributed by atoms with Gasteiger partial charge in [0.1, 0.15) is 6.54 Å². The largest absolute Gasteiger partial charge is 0.389 e. The lowest BCUT2D eigenvalue weighted by atomic mass is 9.95. The summed E-state index contributed by atoms with van der Waals surface area (Å²) >= 11 is 0. The van der Waals surface area contributed by atoms with Crippen molar-refractivity contribution in [3.63, 3.8) is 0 Å². The maximum absolute atomic E-state index is 12.2. The van der Waals surface area contributed by atoms with Crippen LogP contribution < -0.4 is 10.6 Å². The molecule has 2 fully saturated rings. The van der Waals surface area contributed by atoms with Crippen molar-refractivity contribution < 1.29 is 18.0 Å². The molecule has 0 saturated heterocycles. The molecular formula is C17H30F3IN4O. The van der Waals surface area contributed by atoms with E-state index >= 15 is 0 Å². The van der Waals surface area contributed by atoms with Gasteiger partial charge in [-0.15, -0.1) is 24.0 Å². The normalized spacial score (nSPS) is 25.0. The summed E-state index contributed by atoms with van der Waals surface area (Å²) in [6.45, 7) is 0.449. The molecule has 2 aliphatic rings. The van der Waals surface area contributed by atoms with E-state index in [1.807, 2.05) is 0 Å². The number of nitrogens with zero attached hydrogens (tertiary/aromatic N) is 2. The number of halogens is 4. The van der Waals surface area contributed by atoms with Crippen molar-refractivity contribution in [1.82, 2.24) is 15.5 Å². The number of hydrogen-bond donors (Lipinski definition) is 2. The number of carbonyl (C=O) groups excluding carboxylic acids is 1. The number of hydrogen-bond acceptors (Lipinski definition) is 2. The van der Waals surface area contributed by atoms with Crippen molar-refractivity contribution in [2.75, 3.05) is 27.2 Å². The zero-order valence-electron chi connectivity index (χ0n) is 15.4. The van der Waals surface area contributed by atoms with Gasteiger partial charge in [0, 0.05) is 33.1 Å². The number of likely N-dealkylation sites (N-methyl/N-ethyl adjacent to an activating group) is 1. The van der Waals surface area contributed by atoms with Crippen LogP contribution in [0.4, 0.5) is 13.2 Å². The fourth-order valence-corrected chi connectivity index (χ4v) is 3.70. The van der Waals surface area contributed by atoms with Crippen LogP contribution in [0.3, 0.4) is 0 Å². The molecule has 9 heteroatoms. The fourth-order valence-electron chi connectivity index (χ4n) is 3.70. The first-order chi connectivity index (χ1) is 11.7. The van der Waals surface area contributed by atoms with E-state index in [1.54, 1.807) is 14.1 Å². The minimum absolute atomic E-state index is 0. The Morgan fingerprint density at radius 2 is 1.92 bits per heavy atom. The van der Waals surface area contributed by atoms with Gasteiger partial charge >= 0.3 is 6.18 Å². The highest BCUT2D eigenvalue weighted by atomic mass is 127. The van der Waals surface area contributed by atoms with E-state index in [1.165, 1.54) is 24.2 Å². The molecule has 0 radical (unpaired) electrons. The van der Waals surface area contributed by atoms with E-state index in [4.69, 9.17) is 0 Å². The number of nitrogens with one attached hydrogen (secondary N) is 2. The van der Waals surface area contributed by atoms with Crippen LogP contribution in [-0.2, 0) is 4.79 Å². The molecule has 2 N–H and O–H groups in total. The van der Waals surface area contributed by atoms with Crippen LogP contribution in [0.1, 0.15) is 44.9 Å². The van der Waals surface area contributed by atoms with Crippen LogP contribution in [0.5, 0.6) is 0 Å². The highest BCUT2D eigenvalue weighted by Gasteiger charge is 2.39. The third kappa shape index (κ3) is 7.87. The van der Waals surface area contributed by atoms with Crippen molar-refractivity contribution in [2.24, 2.45) is 16.8 Å². The standard InChI is InChI=1S/C17H29F3N4O.HI/c1-24(2)15(25)11-22-16(21-8-4-3-7-17(18,19)20)23-14-10-12-5-6-13(14)9-12;/h12-14H,3-11H2,1-2H3,(H2,21,22,23);1H. The second-order valence-electron chi connectivity index (χ2n) is 7.38. The summed E-state index contributed by atoms with van der Waals surface area (Å²) < 4.78 is 36.6. The van der Waals surface area contributed by atoms with Gasteiger partial charge in [0.2, 0.25) is 5.91 Å². The molecule has 3 unspecified atom stereocenters. The number of fused-ring (bicyclic) bond motifs is 2. The zero-order valence-corrected chi connectivity index (χ0v) is 17.8. The number of amides is 1. The molecule has 0 aliphatic heterocycles. The summed E-state index contributed by atoms with van der Waals surface area (Å²) in [7, 11) is 3.34. The minimum Gasteiger partial charge on any atom is -0.356 e. The molecule has 0 spiro atoms. The summed E-state index contributed by atoms with van der Waals surface area (Å²) in [5, 5.41) is 6.48. The number of aliphatic imine (C=N–C) groups is 1. The molecular weight excluding hydrogens is 460 g/mol. The molecule has 0 heterocycles. The number of unbranched alkanes of at least 4 members (excludes halogenated alkanes) is 1. The van der Waals surface area contributed by atoms with E-state index in [2.05, 4.69) is 15.6 Å². The Bertz CT molecular complexity index is 485. The predicted octanol–water partition coefficient (Wildman–Crippen LogP) is 3.15. The first kappa shape index (κ1) is 23.3. The van der Waals surface area contributed by atoms with Crippen molar-refractivity contribution >= 4 is 35.8 Å². The Labute approximate surface area is 170 Å². The average Bonchev–Trinajstić information content (AvgIpc) is 3.13. The van der Waals surface area contributed by atoms with Crippen LogP contribution >= 0.6 is 24.0 Å². The van der Waals surface area contributed by atoms with Gasteiger partial charge in [-0.2, -0.15) is 13.2 Å². The quantitative estimate of drug-likeness (QED) is 0.250. The third-order valence-electron chi connectivity index (χ3n) is 5.11. The lowest BCUT2D eigenvalue weighted by Crippen LogP contribution is -2.46. The molecule has 2 aliphatic carbocycles. The molecule has 2 bridgehead atoms. The van der Waals surface area contributed by atoms with Crippen LogP contribution in [-0.4, -0.2) is 56.2 Å². The van der Waals surface area contributed by atoms with Gasteiger partial charge in [-0.05, 0) is 43.9 Å².